The molecule has 1 fully saturated rings. The molecule has 0 unspecified atom stereocenters. The van der Waals surface area contributed by atoms with Gasteiger partial charge in [0.25, 0.3) is 0 Å². The summed E-state index contributed by atoms with van der Waals surface area (Å²) in [5, 5.41) is 0. The molecule has 0 amide bonds. The van der Waals surface area contributed by atoms with Gasteiger partial charge in [-0.15, -0.1) is 0 Å². The molecule has 1 aromatic rings. The van der Waals surface area contributed by atoms with E-state index in [-0.39, 0.29) is 11.5 Å². The fraction of sp³-hybridized carbons (Fsp3) is 0.700. The Kier molecular flexibility index (Phi) is 7.80. The quantitative estimate of drug-likeness (QED) is 0.503. The summed E-state index contributed by atoms with van der Waals surface area (Å²) in [6.07, 6.45) is 8.99. The maximum Gasteiger partial charge on any atom is 0.204 e. The SMILES string of the molecule is CCCCOc1ccc(OC[C@H]2CC[C@H](CCC)CC2)c(F)c1F. The van der Waals surface area contributed by atoms with E-state index in [0.717, 1.165) is 31.6 Å². The van der Waals surface area contributed by atoms with Crippen molar-refractivity contribution in [2.45, 2.75) is 65.2 Å². The Morgan fingerprint density at radius 2 is 1.46 bits per heavy atom. The molecule has 0 aromatic heterocycles. The highest BCUT2D eigenvalue weighted by Gasteiger charge is 2.22. The number of hydrogen-bond acceptors (Lipinski definition) is 2. The predicted molar refractivity (Wildman–Crippen MR) is 92.6 cm³/mol. The standard InChI is InChI=1S/C20H30F2O2/c1-3-5-13-23-17-11-12-18(20(22)19(17)21)24-14-16-9-7-15(6-4-2)8-10-16/h11-12,15-16H,3-10,13-14H2,1-2H3/t15-,16-. The van der Waals surface area contributed by atoms with Crippen LogP contribution in [0.1, 0.15) is 65.2 Å². The van der Waals surface area contributed by atoms with Crippen LogP contribution in [0.5, 0.6) is 11.5 Å². The molecule has 1 saturated carbocycles. The second-order valence-corrected chi connectivity index (χ2v) is 6.88. The van der Waals surface area contributed by atoms with Gasteiger partial charge in [0.15, 0.2) is 11.5 Å². The van der Waals surface area contributed by atoms with Crippen molar-refractivity contribution in [1.82, 2.24) is 0 Å². The number of halogens is 2. The molecule has 2 nitrogen and oxygen atoms in total. The van der Waals surface area contributed by atoms with Crippen molar-refractivity contribution >= 4 is 0 Å². The van der Waals surface area contributed by atoms with Crippen molar-refractivity contribution in [3.05, 3.63) is 23.8 Å². The number of unbranched alkanes of at least 4 members (excludes halogenated alkanes) is 1. The third-order valence-electron chi connectivity index (χ3n) is 4.90. The van der Waals surface area contributed by atoms with Gasteiger partial charge in [0.05, 0.1) is 13.2 Å². The molecule has 1 aliphatic rings. The van der Waals surface area contributed by atoms with Crippen molar-refractivity contribution in [2.24, 2.45) is 11.8 Å². The molecule has 0 saturated heterocycles. The second-order valence-electron chi connectivity index (χ2n) is 6.88. The van der Waals surface area contributed by atoms with Crippen LogP contribution in [0, 0.1) is 23.5 Å². The van der Waals surface area contributed by atoms with Crippen LogP contribution in [-0.2, 0) is 0 Å². The Morgan fingerprint density at radius 3 is 2.04 bits per heavy atom. The molecule has 2 rings (SSSR count). The first-order valence-corrected chi connectivity index (χ1v) is 9.39. The maximum atomic E-state index is 14.1. The minimum absolute atomic E-state index is 0.00831. The summed E-state index contributed by atoms with van der Waals surface area (Å²) in [5.41, 5.74) is 0. The third-order valence-corrected chi connectivity index (χ3v) is 4.90. The molecule has 24 heavy (non-hydrogen) atoms. The fourth-order valence-corrected chi connectivity index (χ4v) is 3.37. The van der Waals surface area contributed by atoms with Crippen LogP contribution in [0.3, 0.4) is 0 Å². The van der Waals surface area contributed by atoms with Crippen LogP contribution < -0.4 is 9.47 Å². The van der Waals surface area contributed by atoms with Crippen LogP contribution in [-0.4, -0.2) is 13.2 Å². The molecular weight excluding hydrogens is 310 g/mol. The van der Waals surface area contributed by atoms with Crippen molar-refractivity contribution in [3.63, 3.8) is 0 Å². The zero-order valence-corrected chi connectivity index (χ0v) is 15.0. The lowest BCUT2D eigenvalue weighted by atomic mass is 9.80. The highest BCUT2D eigenvalue weighted by Crippen LogP contribution is 2.33. The van der Waals surface area contributed by atoms with Gasteiger partial charge in [-0.1, -0.05) is 46.0 Å². The van der Waals surface area contributed by atoms with E-state index in [2.05, 4.69) is 6.92 Å². The van der Waals surface area contributed by atoms with Crippen molar-refractivity contribution < 1.29 is 18.3 Å². The molecule has 0 N–H and O–H groups in total. The first-order chi connectivity index (χ1) is 11.7. The van der Waals surface area contributed by atoms with Gasteiger partial charge < -0.3 is 9.47 Å². The van der Waals surface area contributed by atoms with E-state index in [9.17, 15) is 8.78 Å². The lowest BCUT2D eigenvalue weighted by Gasteiger charge is -2.28. The zero-order valence-electron chi connectivity index (χ0n) is 15.0. The van der Waals surface area contributed by atoms with Crippen LogP contribution in [0.2, 0.25) is 0 Å². The first-order valence-electron chi connectivity index (χ1n) is 9.39. The largest absolute Gasteiger partial charge is 0.490 e. The molecule has 0 atom stereocenters. The van der Waals surface area contributed by atoms with Gasteiger partial charge in [-0.2, -0.15) is 8.78 Å². The van der Waals surface area contributed by atoms with Gasteiger partial charge in [-0.3, -0.25) is 0 Å². The van der Waals surface area contributed by atoms with Crippen molar-refractivity contribution in [2.75, 3.05) is 13.2 Å². The van der Waals surface area contributed by atoms with Crippen molar-refractivity contribution in [3.8, 4) is 11.5 Å². The van der Waals surface area contributed by atoms with Gasteiger partial charge in [-0.05, 0) is 43.2 Å². The van der Waals surface area contributed by atoms with E-state index in [1.807, 2.05) is 6.92 Å². The Morgan fingerprint density at radius 1 is 0.875 bits per heavy atom. The van der Waals surface area contributed by atoms with E-state index in [1.165, 1.54) is 37.8 Å². The van der Waals surface area contributed by atoms with Gasteiger partial charge in [0, 0.05) is 0 Å². The summed E-state index contributed by atoms with van der Waals surface area (Å²) in [6, 6.07) is 2.93. The summed E-state index contributed by atoms with van der Waals surface area (Å²) in [7, 11) is 0. The zero-order chi connectivity index (χ0) is 17.4. The van der Waals surface area contributed by atoms with E-state index in [0.29, 0.717) is 19.1 Å². The highest BCUT2D eigenvalue weighted by molar-refractivity contribution is 5.35. The summed E-state index contributed by atoms with van der Waals surface area (Å²) in [6.45, 7) is 5.11. The minimum Gasteiger partial charge on any atom is -0.490 e. The molecule has 0 radical (unpaired) electrons. The predicted octanol–water partition coefficient (Wildman–Crippen LogP) is 6.13. The average Bonchev–Trinajstić information content (AvgIpc) is 2.60. The normalized spacial score (nSPS) is 20.8. The number of ether oxygens (including phenoxy) is 2. The Balaban J connectivity index is 1.83. The minimum atomic E-state index is -0.949. The highest BCUT2D eigenvalue weighted by atomic mass is 19.2. The second kappa shape index (κ2) is 9.85. The molecule has 136 valence electrons. The molecule has 0 aliphatic heterocycles. The molecular formula is C20H30F2O2. The lowest BCUT2D eigenvalue weighted by molar-refractivity contribution is 0.172. The number of benzene rings is 1. The van der Waals surface area contributed by atoms with E-state index in [4.69, 9.17) is 9.47 Å². The Hall–Kier alpha value is -1.32. The summed E-state index contributed by atoms with van der Waals surface area (Å²) >= 11 is 0. The summed E-state index contributed by atoms with van der Waals surface area (Å²) < 4.78 is 39.0. The number of hydrogen-bond donors (Lipinski definition) is 0. The van der Waals surface area contributed by atoms with Gasteiger partial charge in [0.1, 0.15) is 0 Å². The molecule has 4 heteroatoms. The maximum absolute atomic E-state index is 14.1. The van der Waals surface area contributed by atoms with Crippen LogP contribution in [0.4, 0.5) is 8.78 Å². The van der Waals surface area contributed by atoms with Crippen LogP contribution >= 0.6 is 0 Å². The molecule has 1 aliphatic carbocycles. The smallest absolute Gasteiger partial charge is 0.204 e. The molecule has 1 aromatic carbocycles. The Bertz CT molecular complexity index is 497. The first kappa shape index (κ1) is 19.0. The van der Waals surface area contributed by atoms with Crippen LogP contribution in [0.25, 0.3) is 0 Å². The molecule has 0 heterocycles. The van der Waals surface area contributed by atoms with Gasteiger partial charge in [-0.25, -0.2) is 0 Å². The topological polar surface area (TPSA) is 18.5 Å². The van der Waals surface area contributed by atoms with E-state index in [1.54, 1.807) is 0 Å². The Labute approximate surface area is 144 Å². The monoisotopic (exact) mass is 340 g/mol. The van der Waals surface area contributed by atoms with Crippen LogP contribution in [0.15, 0.2) is 12.1 Å². The summed E-state index contributed by atoms with van der Waals surface area (Å²) in [5.74, 6) is -0.653. The fourth-order valence-electron chi connectivity index (χ4n) is 3.37. The van der Waals surface area contributed by atoms with E-state index >= 15 is 0 Å². The average molecular weight is 340 g/mol. The summed E-state index contributed by atoms with van der Waals surface area (Å²) in [4.78, 5) is 0. The van der Waals surface area contributed by atoms with Crippen molar-refractivity contribution in [1.29, 1.82) is 0 Å². The van der Waals surface area contributed by atoms with Gasteiger partial charge in [0.2, 0.25) is 11.6 Å². The lowest BCUT2D eigenvalue weighted by Crippen LogP contribution is -2.20. The third kappa shape index (κ3) is 5.35. The molecule has 0 bridgehead atoms. The van der Waals surface area contributed by atoms with Gasteiger partial charge >= 0.3 is 0 Å². The van der Waals surface area contributed by atoms with E-state index < -0.39 is 11.6 Å². The number of rotatable bonds is 9. The molecule has 0 spiro atoms.